The molecule has 20 heavy (non-hydrogen) atoms. The van der Waals surface area contributed by atoms with Crippen molar-refractivity contribution >= 4 is 34.2 Å². The molecule has 0 aliphatic rings. The largest absolute Gasteiger partial charge is 0.327 e. The number of halogens is 2. The van der Waals surface area contributed by atoms with Gasteiger partial charge in [-0.1, -0.05) is 17.7 Å². The second kappa shape index (κ2) is 5.81. The Bertz CT molecular complexity index is 723. The second-order valence-electron chi connectivity index (χ2n) is 4.56. The van der Waals surface area contributed by atoms with Gasteiger partial charge in [0.25, 0.3) is 0 Å². The lowest BCUT2D eigenvalue weighted by Crippen LogP contribution is -2.05. The Labute approximate surface area is 127 Å². The van der Waals surface area contributed by atoms with E-state index < -0.39 is 0 Å². The van der Waals surface area contributed by atoms with Crippen molar-refractivity contribution in [2.45, 2.75) is 18.8 Å². The lowest BCUT2D eigenvalue weighted by molar-refractivity contribution is 0.686. The molecule has 0 atom stereocenters. The van der Waals surface area contributed by atoms with E-state index in [2.05, 4.69) is 20.6 Å². The van der Waals surface area contributed by atoms with E-state index in [0.717, 1.165) is 29.8 Å². The number of alkyl halides is 1. The molecule has 0 amide bonds. The van der Waals surface area contributed by atoms with Crippen molar-refractivity contribution in [2.75, 3.05) is 0 Å². The van der Waals surface area contributed by atoms with Gasteiger partial charge >= 0.3 is 0 Å². The smallest absolute Gasteiger partial charge is 0.124 e. The monoisotopic (exact) mass is 305 g/mol. The molecule has 2 aromatic heterocycles. The van der Waals surface area contributed by atoms with Crippen LogP contribution >= 0.6 is 23.2 Å². The average molecular weight is 306 g/mol. The van der Waals surface area contributed by atoms with Gasteiger partial charge in [-0.25, -0.2) is 4.98 Å². The molecule has 0 aliphatic heterocycles. The number of benzene rings is 1. The minimum atomic E-state index is 0.388. The third-order valence-electron chi connectivity index (χ3n) is 3.26. The van der Waals surface area contributed by atoms with Crippen LogP contribution in [0.1, 0.15) is 11.4 Å². The molecule has 0 radical (unpaired) electrons. The number of aryl methyl sites for hydroxylation is 2. The summed E-state index contributed by atoms with van der Waals surface area (Å²) in [5, 5.41) is 0.690. The van der Waals surface area contributed by atoms with E-state index in [1.807, 2.05) is 30.5 Å². The first kappa shape index (κ1) is 13.4. The first-order valence-corrected chi connectivity index (χ1v) is 7.28. The van der Waals surface area contributed by atoms with Crippen molar-refractivity contribution in [3.63, 3.8) is 0 Å². The Morgan fingerprint density at radius 3 is 2.85 bits per heavy atom. The minimum absolute atomic E-state index is 0.388. The first-order valence-electron chi connectivity index (χ1n) is 6.37. The molecule has 0 saturated heterocycles. The number of fused-ring (bicyclic) bond motifs is 1. The molecule has 0 spiro atoms. The third-order valence-corrected chi connectivity index (χ3v) is 3.73. The molecule has 2 heterocycles. The molecular weight excluding hydrogens is 293 g/mol. The van der Waals surface area contributed by atoms with Crippen molar-refractivity contribution < 1.29 is 0 Å². The van der Waals surface area contributed by atoms with Crippen LogP contribution in [0.5, 0.6) is 0 Å². The van der Waals surface area contributed by atoms with Gasteiger partial charge in [-0.15, -0.1) is 11.6 Å². The van der Waals surface area contributed by atoms with Crippen LogP contribution in [-0.4, -0.2) is 14.5 Å². The highest BCUT2D eigenvalue weighted by Gasteiger charge is 2.10. The Hall–Kier alpha value is -1.58. The molecule has 0 aliphatic carbocycles. The molecule has 0 unspecified atom stereocenters. The van der Waals surface area contributed by atoms with Crippen molar-refractivity contribution in [1.82, 2.24) is 14.5 Å². The standard InChI is InChI=1S/C15H13Cl2N3/c16-9-15-19-13-8-12(17)3-4-14(13)20(15)7-5-11-2-1-6-18-10-11/h1-4,6,8,10H,5,7,9H2. The van der Waals surface area contributed by atoms with Crippen LogP contribution in [0.15, 0.2) is 42.7 Å². The fraction of sp³-hybridized carbons (Fsp3) is 0.200. The summed E-state index contributed by atoms with van der Waals surface area (Å²) in [6.45, 7) is 0.825. The number of aromatic nitrogens is 3. The highest BCUT2D eigenvalue weighted by atomic mass is 35.5. The fourth-order valence-corrected chi connectivity index (χ4v) is 2.66. The van der Waals surface area contributed by atoms with Crippen LogP contribution in [0.25, 0.3) is 11.0 Å². The summed E-state index contributed by atoms with van der Waals surface area (Å²) in [6, 6.07) is 9.76. The third kappa shape index (κ3) is 2.65. The number of pyridine rings is 1. The van der Waals surface area contributed by atoms with Crippen LogP contribution in [0, 0.1) is 0 Å². The maximum Gasteiger partial charge on any atom is 0.124 e. The maximum atomic E-state index is 6.01. The fourth-order valence-electron chi connectivity index (χ4n) is 2.29. The van der Waals surface area contributed by atoms with Gasteiger partial charge in [0.1, 0.15) is 5.82 Å². The lowest BCUT2D eigenvalue weighted by atomic mass is 10.2. The summed E-state index contributed by atoms with van der Waals surface area (Å²) in [7, 11) is 0. The van der Waals surface area contributed by atoms with Crippen molar-refractivity contribution in [2.24, 2.45) is 0 Å². The molecular formula is C15H13Cl2N3. The van der Waals surface area contributed by atoms with Gasteiger partial charge in [0.2, 0.25) is 0 Å². The van der Waals surface area contributed by atoms with Gasteiger partial charge in [-0.2, -0.15) is 0 Å². The van der Waals surface area contributed by atoms with Crippen molar-refractivity contribution in [3.8, 4) is 0 Å². The van der Waals surface area contributed by atoms with Crippen molar-refractivity contribution in [3.05, 3.63) is 59.1 Å². The molecule has 0 fully saturated rings. The highest BCUT2D eigenvalue weighted by molar-refractivity contribution is 6.31. The van der Waals surface area contributed by atoms with E-state index in [4.69, 9.17) is 23.2 Å². The molecule has 102 valence electrons. The lowest BCUT2D eigenvalue weighted by Gasteiger charge is -2.07. The van der Waals surface area contributed by atoms with Crippen molar-refractivity contribution in [1.29, 1.82) is 0 Å². The van der Waals surface area contributed by atoms with Gasteiger partial charge in [-0.05, 0) is 36.2 Å². The molecule has 5 heteroatoms. The highest BCUT2D eigenvalue weighted by Crippen LogP contribution is 2.22. The molecule has 3 rings (SSSR count). The first-order chi connectivity index (χ1) is 9.78. The zero-order valence-electron chi connectivity index (χ0n) is 10.8. The molecule has 3 aromatic rings. The quantitative estimate of drug-likeness (QED) is 0.680. The molecule has 0 bridgehead atoms. The van der Waals surface area contributed by atoms with E-state index in [1.165, 1.54) is 5.56 Å². The summed E-state index contributed by atoms with van der Waals surface area (Å²) in [5.74, 6) is 1.26. The Balaban J connectivity index is 1.93. The Morgan fingerprint density at radius 2 is 2.10 bits per heavy atom. The van der Waals surface area contributed by atoms with Crippen LogP contribution in [0.2, 0.25) is 5.02 Å². The summed E-state index contributed by atoms with van der Waals surface area (Å²) < 4.78 is 2.14. The number of imidazole rings is 1. The number of nitrogens with zero attached hydrogens (tertiary/aromatic N) is 3. The predicted molar refractivity (Wildman–Crippen MR) is 82.2 cm³/mol. The van der Waals surface area contributed by atoms with E-state index in [9.17, 15) is 0 Å². The summed E-state index contributed by atoms with van der Waals surface area (Å²) in [5.41, 5.74) is 3.15. The molecule has 0 saturated carbocycles. The van der Waals surface area contributed by atoms with Crippen LogP contribution in [-0.2, 0) is 18.8 Å². The Kier molecular flexibility index (Phi) is 3.90. The molecule has 3 nitrogen and oxygen atoms in total. The predicted octanol–water partition coefficient (Wildman–Crippen LogP) is 4.07. The average Bonchev–Trinajstić information content (AvgIpc) is 2.83. The van der Waals surface area contributed by atoms with Gasteiger partial charge in [0.05, 0.1) is 16.9 Å². The van der Waals surface area contributed by atoms with Gasteiger partial charge in [-0.3, -0.25) is 4.98 Å². The van der Waals surface area contributed by atoms with Crippen LogP contribution in [0.4, 0.5) is 0 Å². The summed E-state index contributed by atoms with van der Waals surface area (Å²) in [4.78, 5) is 8.67. The van der Waals surface area contributed by atoms with Gasteiger partial charge in [0.15, 0.2) is 0 Å². The zero-order chi connectivity index (χ0) is 13.9. The van der Waals surface area contributed by atoms with Gasteiger partial charge < -0.3 is 4.57 Å². The van der Waals surface area contributed by atoms with Gasteiger partial charge in [0, 0.05) is 24.0 Å². The molecule has 1 aromatic carbocycles. The van der Waals surface area contributed by atoms with E-state index in [0.29, 0.717) is 10.9 Å². The zero-order valence-corrected chi connectivity index (χ0v) is 12.3. The number of hydrogen-bond acceptors (Lipinski definition) is 2. The van der Waals surface area contributed by atoms with E-state index in [1.54, 1.807) is 6.20 Å². The number of rotatable bonds is 4. The second-order valence-corrected chi connectivity index (χ2v) is 5.26. The minimum Gasteiger partial charge on any atom is -0.327 e. The van der Waals surface area contributed by atoms with Crippen LogP contribution < -0.4 is 0 Å². The topological polar surface area (TPSA) is 30.7 Å². The normalized spacial score (nSPS) is 11.1. The summed E-state index contributed by atoms with van der Waals surface area (Å²) in [6.07, 6.45) is 4.56. The van der Waals surface area contributed by atoms with Crippen LogP contribution in [0.3, 0.4) is 0 Å². The van der Waals surface area contributed by atoms with E-state index >= 15 is 0 Å². The molecule has 0 N–H and O–H groups in total. The number of hydrogen-bond donors (Lipinski definition) is 0. The SMILES string of the molecule is ClCc1nc2cc(Cl)ccc2n1CCc1cccnc1. The maximum absolute atomic E-state index is 6.01. The van der Waals surface area contributed by atoms with E-state index in [-0.39, 0.29) is 0 Å². The summed E-state index contributed by atoms with van der Waals surface area (Å²) >= 11 is 12.0. The Morgan fingerprint density at radius 1 is 1.20 bits per heavy atom.